The van der Waals surface area contributed by atoms with E-state index in [0.29, 0.717) is 47.0 Å². The van der Waals surface area contributed by atoms with E-state index in [1.54, 1.807) is 0 Å². The Balaban J connectivity index is 1.55. The van der Waals surface area contributed by atoms with Crippen molar-refractivity contribution in [1.29, 1.82) is 0 Å². The van der Waals surface area contributed by atoms with E-state index in [1.165, 1.54) is 17.5 Å². The van der Waals surface area contributed by atoms with Gasteiger partial charge in [0.2, 0.25) is 5.13 Å². The van der Waals surface area contributed by atoms with Gasteiger partial charge in [-0.1, -0.05) is 25.2 Å². The minimum absolute atomic E-state index is 0.286. The topological polar surface area (TPSA) is 102 Å². The lowest BCUT2D eigenvalue weighted by Gasteiger charge is -2.18. The zero-order valence-corrected chi connectivity index (χ0v) is 16.5. The van der Waals surface area contributed by atoms with Gasteiger partial charge in [0.05, 0.1) is 17.5 Å². The molecule has 1 aliphatic heterocycles. The summed E-state index contributed by atoms with van der Waals surface area (Å²) in [5, 5.41) is 19.5. The Kier molecular flexibility index (Phi) is 5.25. The van der Waals surface area contributed by atoms with Gasteiger partial charge >= 0.3 is 0 Å². The second kappa shape index (κ2) is 7.97. The number of fused-ring (bicyclic) bond motifs is 1. The van der Waals surface area contributed by atoms with Crippen LogP contribution in [0.4, 0.5) is 5.13 Å². The number of nitrogens with zero attached hydrogens (tertiary/aromatic N) is 3. The van der Waals surface area contributed by atoms with Crippen molar-refractivity contribution in [2.75, 3.05) is 18.5 Å². The number of hydrogen-bond donors (Lipinski definition) is 2. The van der Waals surface area contributed by atoms with Crippen LogP contribution in [-0.2, 0) is 0 Å². The van der Waals surface area contributed by atoms with E-state index < -0.39 is 0 Å². The third kappa shape index (κ3) is 3.57. The molecule has 3 aromatic rings. The van der Waals surface area contributed by atoms with E-state index in [0.717, 1.165) is 23.4 Å². The highest BCUT2D eigenvalue weighted by molar-refractivity contribution is 7.15. The summed E-state index contributed by atoms with van der Waals surface area (Å²) < 4.78 is 11.2. The number of ether oxygens (including phenoxy) is 2. The number of benzene rings is 1. The summed E-state index contributed by atoms with van der Waals surface area (Å²) >= 11 is 1.41. The molecule has 0 atom stereocenters. The summed E-state index contributed by atoms with van der Waals surface area (Å²) in [5.74, 6) is 1.43. The Morgan fingerprint density at radius 1 is 1.21 bits per heavy atom. The van der Waals surface area contributed by atoms with Crippen LogP contribution in [0.3, 0.4) is 0 Å². The highest BCUT2D eigenvalue weighted by Crippen LogP contribution is 2.35. The number of amides is 1. The van der Waals surface area contributed by atoms with E-state index in [4.69, 9.17) is 9.47 Å². The molecule has 3 heterocycles. The number of rotatable bonds is 6. The average molecular weight is 399 g/mol. The molecule has 8 nitrogen and oxygen atoms in total. The molecule has 146 valence electrons. The van der Waals surface area contributed by atoms with Crippen LogP contribution in [0.5, 0.6) is 11.5 Å². The number of carbonyl (C=O) groups is 1. The largest absolute Gasteiger partial charge is 0.486 e. The van der Waals surface area contributed by atoms with Gasteiger partial charge in [-0.2, -0.15) is 5.10 Å². The van der Waals surface area contributed by atoms with Gasteiger partial charge in [-0.25, -0.2) is 0 Å². The zero-order chi connectivity index (χ0) is 19.5. The fraction of sp³-hybridized carbons (Fsp3) is 0.368. The first-order valence-corrected chi connectivity index (χ1v) is 10.1. The Morgan fingerprint density at radius 2 is 2.00 bits per heavy atom. The SMILES string of the molecule is CCC(CC)c1nnc(NC(=O)c2cn[nH]c2-c2ccc3c(c2)OCCO3)s1. The van der Waals surface area contributed by atoms with Gasteiger partial charge in [0.25, 0.3) is 5.91 Å². The molecule has 0 unspecified atom stereocenters. The highest BCUT2D eigenvalue weighted by Gasteiger charge is 2.20. The van der Waals surface area contributed by atoms with Crippen LogP contribution in [0.15, 0.2) is 24.4 Å². The van der Waals surface area contributed by atoms with E-state index in [-0.39, 0.29) is 5.91 Å². The van der Waals surface area contributed by atoms with Crippen molar-refractivity contribution in [2.24, 2.45) is 0 Å². The zero-order valence-electron chi connectivity index (χ0n) is 15.7. The summed E-state index contributed by atoms with van der Waals surface area (Å²) in [7, 11) is 0. The number of aromatic amines is 1. The molecule has 0 aliphatic carbocycles. The van der Waals surface area contributed by atoms with Crippen molar-refractivity contribution < 1.29 is 14.3 Å². The number of anilines is 1. The third-order valence-corrected chi connectivity index (χ3v) is 5.71. The number of aromatic nitrogens is 4. The summed E-state index contributed by atoms with van der Waals surface area (Å²) in [6.07, 6.45) is 3.49. The number of nitrogens with one attached hydrogen (secondary N) is 2. The lowest BCUT2D eigenvalue weighted by Crippen LogP contribution is -2.15. The minimum Gasteiger partial charge on any atom is -0.486 e. The number of hydrogen-bond acceptors (Lipinski definition) is 7. The monoisotopic (exact) mass is 399 g/mol. The molecular formula is C19H21N5O3S. The second-order valence-electron chi connectivity index (χ2n) is 6.43. The molecule has 4 rings (SSSR count). The molecule has 0 saturated carbocycles. The molecule has 0 radical (unpaired) electrons. The first kappa shape index (κ1) is 18.4. The van der Waals surface area contributed by atoms with Crippen LogP contribution in [0.2, 0.25) is 0 Å². The Labute approximate surface area is 166 Å². The molecule has 0 saturated heterocycles. The molecule has 1 aromatic carbocycles. The predicted octanol–water partition coefficient (Wildman–Crippen LogP) is 3.86. The predicted molar refractivity (Wildman–Crippen MR) is 106 cm³/mol. The van der Waals surface area contributed by atoms with Gasteiger partial charge in [0, 0.05) is 11.5 Å². The maximum Gasteiger partial charge on any atom is 0.261 e. The van der Waals surface area contributed by atoms with Crippen molar-refractivity contribution in [2.45, 2.75) is 32.6 Å². The highest BCUT2D eigenvalue weighted by atomic mass is 32.1. The molecule has 2 N–H and O–H groups in total. The van der Waals surface area contributed by atoms with Gasteiger partial charge in [-0.3, -0.25) is 15.2 Å². The maximum atomic E-state index is 12.8. The van der Waals surface area contributed by atoms with Gasteiger partial charge in [-0.15, -0.1) is 10.2 Å². The lowest BCUT2D eigenvalue weighted by atomic mass is 10.1. The second-order valence-corrected chi connectivity index (χ2v) is 7.44. The van der Waals surface area contributed by atoms with E-state index in [1.807, 2.05) is 18.2 Å². The maximum absolute atomic E-state index is 12.8. The first-order valence-electron chi connectivity index (χ1n) is 9.27. The summed E-state index contributed by atoms with van der Waals surface area (Å²) in [5.41, 5.74) is 1.83. The van der Waals surface area contributed by atoms with E-state index in [2.05, 4.69) is 39.6 Å². The average Bonchev–Trinajstić information content (AvgIpc) is 3.38. The van der Waals surface area contributed by atoms with E-state index >= 15 is 0 Å². The summed E-state index contributed by atoms with van der Waals surface area (Å²) in [4.78, 5) is 12.8. The standard InChI is InChI=1S/C19H21N5O3S/c1-3-11(4-2)18-23-24-19(28-18)21-17(25)13-10-20-22-16(13)12-5-6-14-15(9-12)27-8-7-26-14/h5-6,9-11H,3-4,7-8H2,1-2H3,(H,20,22)(H,21,24,25). The van der Waals surface area contributed by atoms with Crippen LogP contribution in [0.25, 0.3) is 11.3 Å². The number of H-pyrrole nitrogens is 1. The molecule has 1 aliphatic rings. The van der Waals surface area contributed by atoms with Crippen molar-refractivity contribution in [3.8, 4) is 22.8 Å². The third-order valence-electron chi connectivity index (χ3n) is 4.71. The molecule has 2 aromatic heterocycles. The lowest BCUT2D eigenvalue weighted by molar-refractivity contribution is 0.102. The molecule has 0 bridgehead atoms. The van der Waals surface area contributed by atoms with Gasteiger partial charge in [0.1, 0.15) is 18.2 Å². The van der Waals surface area contributed by atoms with Crippen molar-refractivity contribution in [3.63, 3.8) is 0 Å². The normalized spacial score (nSPS) is 13.0. The van der Waals surface area contributed by atoms with Crippen molar-refractivity contribution in [3.05, 3.63) is 35.0 Å². The Morgan fingerprint density at radius 3 is 2.79 bits per heavy atom. The molecule has 28 heavy (non-hydrogen) atoms. The van der Waals surface area contributed by atoms with Crippen molar-refractivity contribution >= 4 is 22.4 Å². The molecular weight excluding hydrogens is 378 g/mol. The number of carbonyl (C=O) groups excluding carboxylic acids is 1. The summed E-state index contributed by atoms with van der Waals surface area (Å²) in [6, 6.07) is 5.54. The van der Waals surface area contributed by atoms with Crippen LogP contribution >= 0.6 is 11.3 Å². The fourth-order valence-electron chi connectivity index (χ4n) is 3.13. The van der Waals surface area contributed by atoms with Crippen molar-refractivity contribution in [1.82, 2.24) is 20.4 Å². The molecule has 9 heteroatoms. The van der Waals surface area contributed by atoms with Gasteiger partial charge in [0.15, 0.2) is 11.5 Å². The van der Waals surface area contributed by atoms with Crippen LogP contribution in [0, 0.1) is 0 Å². The van der Waals surface area contributed by atoms with Crippen LogP contribution in [-0.4, -0.2) is 39.5 Å². The van der Waals surface area contributed by atoms with Gasteiger partial charge in [-0.05, 0) is 31.0 Å². The Hall–Kier alpha value is -2.94. The van der Waals surface area contributed by atoms with Crippen LogP contribution in [0.1, 0.15) is 48.0 Å². The first-order chi connectivity index (χ1) is 13.7. The van der Waals surface area contributed by atoms with E-state index in [9.17, 15) is 4.79 Å². The minimum atomic E-state index is -0.286. The quantitative estimate of drug-likeness (QED) is 0.653. The van der Waals surface area contributed by atoms with Crippen LogP contribution < -0.4 is 14.8 Å². The fourth-order valence-corrected chi connectivity index (χ4v) is 4.13. The summed E-state index contributed by atoms with van der Waals surface area (Å²) in [6.45, 7) is 5.28. The molecule has 0 fully saturated rings. The molecule has 1 amide bonds. The smallest absolute Gasteiger partial charge is 0.261 e. The molecule has 0 spiro atoms. The Bertz CT molecular complexity index is 980. The van der Waals surface area contributed by atoms with Gasteiger partial charge < -0.3 is 9.47 Å².